The topological polar surface area (TPSA) is 98.2 Å². The average molecular weight is 515 g/mol. The van der Waals surface area contributed by atoms with Crippen molar-refractivity contribution in [3.63, 3.8) is 0 Å². The fourth-order valence-electron chi connectivity index (χ4n) is 4.56. The second kappa shape index (κ2) is 8.94. The zero-order valence-electron chi connectivity index (χ0n) is 20.1. The Morgan fingerprint density at radius 3 is 2.54 bits per heavy atom. The van der Waals surface area contributed by atoms with Crippen LogP contribution in [0.1, 0.15) is 22.7 Å². The number of hydrogen-bond acceptors (Lipinski definition) is 8. The van der Waals surface area contributed by atoms with Crippen molar-refractivity contribution in [1.82, 2.24) is 4.98 Å². The third-order valence-electron chi connectivity index (χ3n) is 6.44. The normalized spacial score (nSPS) is 18.4. The number of hydrogen-bond donors (Lipinski definition) is 1. The molecule has 0 unspecified atom stereocenters. The molecule has 1 atom stereocenters. The third kappa shape index (κ3) is 3.88. The number of carbonyl (C=O) groups is 2. The van der Waals surface area contributed by atoms with Crippen molar-refractivity contribution in [2.24, 2.45) is 0 Å². The molecule has 186 valence electrons. The van der Waals surface area contributed by atoms with Crippen LogP contribution in [0.3, 0.4) is 0 Å². The number of nitrogens with zero attached hydrogens (tertiary/aromatic N) is 2. The van der Waals surface area contributed by atoms with Crippen LogP contribution in [0, 0.1) is 6.92 Å². The number of anilines is 1. The molecule has 1 N–H and O–H groups in total. The van der Waals surface area contributed by atoms with Gasteiger partial charge in [-0.15, -0.1) is 0 Å². The van der Waals surface area contributed by atoms with Crippen LogP contribution in [-0.2, 0) is 9.59 Å². The lowest BCUT2D eigenvalue weighted by Crippen LogP contribution is -2.29. The summed E-state index contributed by atoms with van der Waals surface area (Å²) >= 11 is 1.28. The van der Waals surface area contributed by atoms with Gasteiger partial charge in [0.25, 0.3) is 5.78 Å². The molecular formula is C28H22N2O6S. The molecule has 37 heavy (non-hydrogen) atoms. The highest BCUT2D eigenvalue weighted by molar-refractivity contribution is 7.22. The van der Waals surface area contributed by atoms with Crippen molar-refractivity contribution in [2.75, 3.05) is 25.2 Å². The summed E-state index contributed by atoms with van der Waals surface area (Å²) < 4.78 is 17.4. The van der Waals surface area contributed by atoms with E-state index in [1.165, 1.54) is 16.2 Å². The molecule has 6 rings (SSSR count). The molecule has 0 saturated carbocycles. The Hall–Kier alpha value is -4.37. The van der Waals surface area contributed by atoms with Crippen LogP contribution >= 0.6 is 11.3 Å². The van der Waals surface area contributed by atoms with Crippen molar-refractivity contribution in [2.45, 2.75) is 13.0 Å². The number of benzene rings is 3. The third-order valence-corrected chi connectivity index (χ3v) is 7.46. The highest BCUT2D eigenvalue weighted by Crippen LogP contribution is 2.45. The number of fused-ring (bicyclic) bond motifs is 2. The molecule has 2 aliphatic rings. The van der Waals surface area contributed by atoms with Crippen molar-refractivity contribution in [3.8, 4) is 17.2 Å². The second-order valence-electron chi connectivity index (χ2n) is 8.77. The first-order valence-corrected chi connectivity index (χ1v) is 12.5. The van der Waals surface area contributed by atoms with E-state index in [-0.39, 0.29) is 11.3 Å². The highest BCUT2D eigenvalue weighted by Gasteiger charge is 2.48. The van der Waals surface area contributed by atoms with Crippen LogP contribution in [0.5, 0.6) is 17.2 Å². The van der Waals surface area contributed by atoms with E-state index < -0.39 is 17.7 Å². The first-order chi connectivity index (χ1) is 17.9. The molecule has 1 aromatic heterocycles. The minimum atomic E-state index is -0.865. The van der Waals surface area contributed by atoms with Crippen molar-refractivity contribution >= 4 is 44.1 Å². The van der Waals surface area contributed by atoms with Gasteiger partial charge in [0.05, 0.1) is 28.9 Å². The number of aryl methyl sites for hydroxylation is 1. The number of amides is 1. The predicted octanol–water partition coefficient (Wildman–Crippen LogP) is 5.01. The molecule has 2 aliphatic heterocycles. The first kappa shape index (κ1) is 23.1. The number of aliphatic hydroxyl groups is 1. The maximum Gasteiger partial charge on any atom is 0.301 e. The van der Waals surface area contributed by atoms with E-state index in [4.69, 9.17) is 14.2 Å². The minimum Gasteiger partial charge on any atom is -0.507 e. The van der Waals surface area contributed by atoms with E-state index in [9.17, 15) is 14.7 Å². The molecule has 0 aliphatic carbocycles. The lowest BCUT2D eigenvalue weighted by Gasteiger charge is -2.23. The largest absolute Gasteiger partial charge is 0.507 e. The fourth-order valence-corrected chi connectivity index (χ4v) is 5.58. The van der Waals surface area contributed by atoms with Crippen LogP contribution in [0.15, 0.2) is 66.2 Å². The first-order valence-electron chi connectivity index (χ1n) is 11.7. The number of thiazole rings is 1. The van der Waals surface area contributed by atoms with Gasteiger partial charge >= 0.3 is 5.91 Å². The summed E-state index contributed by atoms with van der Waals surface area (Å²) in [6.07, 6.45) is 0. The van der Waals surface area contributed by atoms with Gasteiger partial charge in [-0.2, -0.15) is 0 Å². The number of carbonyl (C=O) groups excluding carboxylic acids is 2. The monoisotopic (exact) mass is 514 g/mol. The van der Waals surface area contributed by atoms with Crippen molar-refractivity contribution in [3.05, 3.63) is 82.9 Å². The SMILES string of the molecule is COc1ccc2nc(N3C(=O)C(=O)C(=C(O)c4ccc5c(c4)OCCO5)[C@H]3c3ccc(C)cc3)sc2c1. The number of ketones is 1. The van der Waals surface area contributed by atoms with Gasteiger partial charge in [-0.3, -0.25) is 14.5 Å². The lowest BCUT2D eigenvalue weighted by atomic mass is 9.94. The Balaban J connectivity index is 1.52. The van der Waals surface area contributed by atoms with E-state index >= 15 is 0 Å². The van der Waals surface area contributed by atoms with Crippen LogP contribution in [0.25, 0.3) is 16.0 Å². The fraction of sp³-hybridized carbons (Fsp3) is 0.179. The summed E-state index contributed by atoms with van der Waals surface area (Å²) in [5.41, 5.74) is 2.73. The summed E-state index contributed by atoms with van der Waals surface area (Å²) in [6.45, 7) is 2.77. The van der Waals surface area contributed by atoms with Gasteiger partial charge in [-0.1, -0.05) is 41.2 Å². The molecule has 0 radical (unpaired) electrons. The van der Waals surface area contributed by atoms with E-state index in [2.05, 4.69) is 4.98 Å². The van der Waals surface area contributed by atoms with E-state index in [0.29, 0.717) is 52.2 Å². The Kier molecular flexibility index (Phi) is 5.57. The van der Waals surface area contributed by atoms with Crippen LogP contribution in [0.2, 0.25) is 0 Å². The Morgan fingerprint density at radius 2 is 1.78 bits per heavy atom. The van der Waals surface area contributed by atoms with Gasteiger partial charge in [0.15, 0.2) is 16.6 Å². The number of aliphatic hydroxyl groups excluding tert-OH is 1. The Labute approximate surface area is 216 Å². The smallest absolute Gasteiger partial charge is 0.301 e. The molecule has 1 fully saturated rings. The zero-order valence-corrected chi connectivity index (χ0v) is 20.9. The summed E-state index contributed by atoms with van der Waals surface area (Å²) in [7, 11) is 1.58. The molecule has 8 nitrogen and oxygen atoms in total. The van der Waals surface area contributed by atoms with E-state index in [1.807, 2.05) is 37.3 Å². The maximum absolute atomic E-state index is 13.5. The number of rotatable bonds is 4. The van der Waals surface area contributed by atoms with Crippen LogP contribution in [-0.4, -0.2) is 42.1 Å². The van der Waals surface area contributed by atoms with Crippen molar-refractivity contribution < 1.29 is 28.9 Å². The highest BCUT2D eigenvalue weighted by atomic mass is 32.1. The Bertz CT molecular complexity index is 1590. The van der Waals surface area contributed by atoms with Gasteiger partial charge in [0.1, 0.15) is 24.7 Å². The van der Waals surface area contributed by atoms with E-state index in [0.717, 1.165) is 10.3 Å². The lowest BCUT2D eigenvalue weighted by molar-refractivity contribution is -0.132. The summed E-state index contributed by atoms with van der Waals surface area (Å²) in [6, 6.07) is 17.0. The number of methoxy groups -OCH3 is 1. The summed E-state index contributed by atoms with van der Waals surface area (Å²) in [5.74, 6) is -0.130. The van der Waals surface area contributed by atoms with Gasteiger partial charge in [0.2, 0.25) is 0 Å². The number of Topliss-reactive ketones (excluding diaryl/α,β-unsaturated/α-hetero) is 1. The molecule has 1 amide bonds. The molecule has 3 heterocycles. The van der Waals surface area contributed by atoms with Crippen LogP contribution < -0.4 is 19.1 Å². The zero-order chi connectivity index (χ0) is 25.7. The van der Waals surface area contributed by atoms with Gasteiger partial charge < -0.3 is 19.3 Å². The van der Waals surface area contributed by atoms with Crippen molar-refractivity contribution in [1.29, 1.82) is 0 Å². The molecule has 0 bridgehead atoms. The van der Waals surface area contributed by atoms with E-state index in [1.54, 1.807) is 37.4 Å². The molecule has 3 aromatic carbocycles. The summed E-state index contributed by atoms with van der Waals surface area (Å²) in [5, 5.41) is 11.8. The average Bonchev–Trinajstić information content (AvgIpc) is 3.46. The molecular weight excluding hydrogens is 492 g/mol. The van der Waals surface area contributed by atoms with Gasteiger partial charge in [-0.05, 0) is 48.9 Å². The second-order valence-corrected chi connectivity index (χ2v) is 9.78. The number of ether oxygens (including phenoxy) is 3. The van der Waals surface area contributed by atoms with Crippen LogP contribution in [0.4, 0.5) is 5.13 Å². The predicted molar refractivity (Wildman–Crippen MR) is 140 cm³/mol. The molecule has 1 saturated heterocycles. The molecule has 9 heteroatoms. The summed E-state index contributed by atoms with van der Waals surface area (Å²) in [4.78, 5) is 32.9. The maximum atomic E-state index is 13.5. The van der Waals surface area contributed by atoms with Gasteiger partial charge in [0, 0.05) is 5.56 Å². The molecule has 4 aromatic rings. The molecule has 0 spiro atoms. The quantitative estimate of drug-likeness (QED) is 0.232. The standard InChI is InChI=1S/C28H22N2O6S/c1-15-3-5-16(6-4-15)24-23(25(31)17-7-10-20-21(13-17)36-12-11-35-20)26(32)27(33)30(24)28-29-19-9-8-18(34-2)14-22(19)37-28/h3-10,13-14,24,31H,11-12H2,1-2H3/t24-/m1/s1. The minimum absolute atomic E-state index is 0.0117. The Morgan fingerprint density at radius 1 is 1.03 bits per heavy atom. The van der Waals surface area contributed by atoms with Gasteiger partial charge in [-0.25, -0.2) is 4.98 Å². The number of aromatic nitrogens is 1.